The topological polar surface area (TPSA) is 57.7 Å². The summed E-state index contributed by atoms with van der Waals surface area (Å²) in [4.78, 5) is 16.8. The predicted molar refractivity (Wildman–Crippen MR) is 98.1 cm³/mol. The Kier molecular flexibility index (Phi) is 5.19. The van der Waals surface area contributed by atoms with Gasteiger partial charge in [-0.3, -0.25) is 4.98 Å². The SMILES string of the molecule is COc1cc(Br)c(COC(=O)c2cccc3cccnc23)cc1OC. The van der Waals surface area contributed by atoms with E-state index in [4.69, 9.17) is 14.2 Å². The summed E-state index contributed by atoms with van der Waals surface area (Å²) >= 11 is 3.46. The number of pyridine rings is 1. The summed E-state index contributed by atoms with van der Waals surface area (Å²) in [6.07, 6.45) is 1.66. The van der Waals surface area contributed by atoms with Crippen molar-refractivity contribution in [2.24, 2.45) is 0 Å². The summed E-state index contributed by atoms with van der Waals surface area (Å²) in [6.45, 7) is 0.100. The van der Waals surface area contributed by atoms with Crippen LogP contribution in [0.25, 0.3) is 10.9 Å². The van der Waals surface area contributed by atoms with Crippen molar-refractivity contribution in [3.8, 4) is 11.5 Å². The van der Waals surface area contributed by atoms with Crippen molar-refractivity contribution in [1.29, 1.82) is 0 Å². The molecule has 128 valence electrons. The number of fused-ring (bicyclic) bond motifs is 1. The average Bonchev–Trinajstić information content (AvgIpc) is 2.66. The maximum atomic E-state index is 12.5. The molecule has 0 spiro atoms. The van der Waals surface area contributed by atoms with Gasteiger partial charge in [0.1, 0.15) is 6.61 Å². The molecule has 2 aromatic carbocycles. The normalized spacial score (nSPS) is 10.5. The average molecular weight is 402 g/mol. The summed E-state index contributed by atoms with van der Waals surface area (Å²) in [5.41, 5.74) is 1.84. The zero-order valence-electron chi connectivity index (χ0n) is 13.8. The zero-order valence-corrected chi connectivity index (χ0v) is 15.4. The first kappa shape index (κ1) is 17.2. The van der Waals surface area contributed by atoms with Crippen molar-refractivity contribution in [3.05, 3.63) is 64.3 Å². The van der Waals surface area contributed by atoms with Crippen LogP contribution in [0.5, 0.6) is 11.5 Å². The molecule has 5 nitrogen and oxygen atoms in total. The van der Waals surface area contributed by atoms with E-state index in [0.717, 1.165) is 15.4 Å². The fourth-order valence-electron chi connectivity index (χ4n) is 2.50. The lowest BCUT2D eigenvalue weighted by Gasteiger charge is -2.12. The fraction of sp³-hybridized carbons (Fsp3) is 0.158. The molecule has 0 aliphatic heterocycles. The molecule has 0 aliphatic rings. The molecule has 0 bridgehead atoms. The second-order valence-electron chi connectivity index (χ2n) is 5.26. The Labute approximate surface area is 153 Å². The van der Waals surface area contributed by atoms with Crippen LogP contribution in [0.4, 0.5) is 0 Å². The Morgan fingerprint density at radius 2 is 1.80 bits per heavy atom. The van der Waals surface area contributed by atoms with Gasteiger partial charge in [0.05, 0.1) is 25.3 Å². The van der Waals surface area contributed by atoms with Gasteiger partial charge in [-0.25, -0.2) is 4.79 Å². The standard InChI is InChI=1S/C19H16BrNO4/c1-23-16-9-13(15(20)10-17(16)24-2)11-25-19(22)14-7-3-5-12-6-4-8-21-18(12)14/h3-10H,11H2,1-2H3. The molecule has 0 unspecified atom stereocenters. The third-order valence-electron chi connectivity index (χ3n) is 3.76. The zero-order chi connectivity index (χ0) is 17.8. The number of benzene rings is 2. The Balaban J connectivity index is 1.83. The molecule has 6 heteroatoms. The van der Waals surface area contributed by atoms with Gasteiger partial charge in [-0.05, 0) is 24.3 Å². The summed E-state index contributed by atoms with van der Waals surface area (Å²) in [7, 11) is 3.13. The van der Waals surface area contributed by atoms with E-state index >= 15 is 0 Å². The molecule has 3 aromatic rings. The van der Waals surface area contributed by atoms with Gasteiger partial charge in [0, 0.05) is 21.6 Å². The minimum atomic E-state index is -0.425. The van der Waals surface area contributed by atoms with Gasteiger partial charge in [-0.1, -0.05) is 34.1 Å². The van der Waals surface area contributed by atoms with E-state index in [0.29, 0.717) is 22.6 Å². The van der Waals surface area contributed by atoms with Crippen LogP contribution < -0.4 is 9.47 Å². The Hall–Kier alpha value is -2.60. The van der Waals surface area contributed by atoms with E-state index in [9.17, 15) is 4.79 Å². The molecular formula is C19H16BrNO4. The Morgan fingerprint density at radius 1 is 1.08 bits per heavy atom. The van der Waals surface area contributed by atoms with Crippen LogP contribution in [0.1, 0.15) is 15.9 Å². The predicted octanol–water partition coefficient (Wildman–Crippen LogP) is 4.37. The van der Waals surface area contributed by atoms with Crippen LogP contribution >= 0.6 is 15.9 Å². The number of nitrogens with zero attached hydrogens (tertiary/aromatic N) is 1. The highest BCUT2D eigenvalue weighted by atomic mass is 79.9. The first-order valence-corrected chi connectivity index (χ1v) is 8.34. The monoisotopic (exact) mass is 401 g/mol. The lowest BCUT2D eigenvalue weighted by Crippen LogP contribution is -2.07. The van der Waals surface area contributed by atoms with Crippen LogP contribution in [0.15, 0.2) is 53.1 Å². The van der Waals surface area contributed by atoms with Gasteiger partial charge in [-0.15, -0.1) is 0 Å². The molecule has 1 heterocycles. The molecular weight excluding hydrogens is 386 g/mol. The van der Waals surface area contributed by atoms with Gasteiger partial charge < -0.3 is 14.2 Å². The number of rotatable bonds is 5. The number of hydrogen-bond acceptors (Lipinski definition) is 5. The number of halogens is 1. The van der Waals surface area contributed by atoms with Crippen LogP contribution in [-0.2, 0) is 11.3 Å². The quantitative estimate of drug-likeness (QED) is 0.594. The lowest BCUT2D eigenvalue weighted by molar-refractivity contribution is 0.0473. The van der Waals surface area contributed by atoms with Crippen LogP contribution in [0.3, 0.4) is 0 Å². The highest BCUT2D eigenvalue weighted by Gasteiger charge is 2.15. The molecule has 0 N–H and O–H groups in total. The lowest BCUT2D eigenvalue weighted by atomic mass is 10.1. The first-order chi connectivity index (χ1) is 12.1. The van der Waals surface area contributed by atoms with Gasteiger partial charge >= 0.3 is 5.97 Å². The Bertz CT molecular complexity index is 921. The van der Waals surface area contributed by atoms with Gasteiger partial charge in [-0.2, -0.15) is 0 Å². The summed E-state index contributed by atoms with van der Waals surface area (Å²) in [5, 5.41) is 0.893. The first-order valence-electron chi connectivity index (χ1n) is 7.55. The number of carbonyl (C=O) groups is 1. The van der Waals surface area contributed by atoms with Crippen LogP contribution in [0, 0.1) is 0 Å². The number of methoxy groups -OCH3 is 2. The van der Waals surface area contributed by atoms with Crippen LogP contribution in [0.2, 0.25) is 0 Å². The van der Waals surface area contributed by atoms with Gasteiger partial charge in [0.2, 0.25) is 0 Å². The summed E-state index contributed by atoms with van der Waals surface area (Å²) in [5.74, 6) is 0.747. The van der Waals surface area contributed by atoms with E-state index in [1.165, 1.54) is 0 Å². The van der Waals surface area contributed by atoms with Crippen molar-refractivity contribution >= 4 is 32.8 Å². The molecule has 0 aliphatic carbocycles. The van der Waals surface area contributed by atoms with E-state index < -0.39 is 5.97 Å². The molecule has 0 saturated heterocycles. The van der Waals surface area contributed by atoms with Crippen molar-refractivity contribution in [2.75, 3.05) is 14.2 Å². The van der Waals surface area contributed by atoms with Crippen LogP contribution in [-0.4, -0.2) is 25.2 Å². The second-order valence-corrected chi connectivity index (χ2v) is 6.11. The van der Waals surface area contributed by atoms with Crippen molar-refractivity contribution in [2.45, 2.75) is 6.61 Å². The van der Waals surface area contributed by atoms with Crippen molar-refractivity contribution in [1.82, 2.24) is 4.98 Å². The molecule has 3 rings (SSSR count). The minimum Gasteiger partial charge on any atom is -0.493 e. The number of ether oxygens (including phenoxy) is 3. The van der Waals surface area contributed by atoms with E-state index in [2.05, 4.69) is 20.9 Å². The fourth-order valence-corrected chi connectivity index (χ4v) is 2.93. The summed E-state index contributed by atoms with van der Waals surface area (Å²) in [6, 6.07) is 12.7. The largest absolute Gasteiger partial charge is 0.493 e. The Morgan fingerprint density at radius 3 is 2.56 bits per heavy atom. The molecule has 25 heavy (non-hydrogen) atoms. The number of esters is 1. The van der Waals surface area contributed by atoms with E-state index in [1.54, 1.807) is 38.6 Å². The highest BCUT2D eigenvalue weighted by molar-refractivity contribution is 9.10. The third kappa shape index (κ3) is 3.58. The number of carbonyl (C=O) groups excluding carboxylic acids is 1. The van der Waals surface area contributed by atoms with Crippen molar-refractivity contribution in [3.63, 3.8) is 0 Å². The number of para-hydroxylation sites is 1. The molecule has 0 atom stereocenters. The van der Waals surface area contributed by atoms with Gasteiger partial charge in [0.15, 0.2) is 11.5 Å². The maximum absolute atomic E-state index is 12.5. The highest BCUT2D eigenvalue weighted by Crippen LogP contribution is 2.33. The van der Waals surface area contributed by atoms with Gasteiger partial charge in [0.25, 0.3) is 0 Å². The van der Waals surface area contributed by atoms with Crippen molar-refractivity contribution < 1.29 is 19.0 Å². The smallest absolute Gasteiger partial charge is 0.340 e. The number of hydrogen-bond donors (Lipinski definition) is 0. The summed E-state index contributed by atoms with van der Waals surface area (Å²) < 4.78 is 16.8. The molecule has 0 amide bonds. The maximum Gasteiger partial charge on any atom is 0.340 e. The van der Waals surface area contributed by atoms with E-state index in [-0.39, 0.29) is 6.61 Å². The minimum absolute atomic E-state index is 0.100. The third-order valence-corrected chi connectivity index (χ3v) is 4.50. The van der Waals surface area contributed by atoms with E-state index in [1.807, 2.05) is 24.3 Å². The molecule has 0 radical (unpaired) electrons. The molecule has 0 saturated carbocycles. The molecule has 1 aromatic heterocycles. The number of aromatic nitrogens is 1. The molecule has 0 fully saturated rings. The second kappa shape index (κ2) is 7.53.